The summed E-state index contributed by atoms with van der Waals surface area (Å²) in [5.41, 5.74) is 7.92. The minimum atomic E-state index is -4.16. The monoisotopic (exact) mass is 534 g/mol. The van der Waals surface area contributed by atoms with Crippen LogP contribution in [-0.2, 0) is 24.3 Å². The van der Waals surface area contributed by atoms with Gasteiger partial charge in [-0.25, -0.2) is 4.79 Å². The molecule has 0 heterocycles. The molecule has 37 heavy (non-hydrogen) atoms. The predicted molar refractivity (Wildman–Crippen MR) is 139 cm³/mol. The van der Waals surface area contributed by atoms with Crippen molar-refractivity contribution in [1.29, 1.82) is 0 Å². The number of carbonyl (C=O) groups is 2. The summed E-state index contributed by atoms with van der Waals surface area (Å²) in [5.74, 6) is -0.678. The molecule has 2 rings (SSSR count). The van der Waals surface area contributed by atoms with Gasteiger partial charge in [0.2, 0.25) is 0 Å². The molecule has 0 radical (unpaired) electrons. The first-order chi connectivity index (χ1) is 17.4. The molecule has 1 unspecified atom stereocenters. The van der Waals surface area contributed by atoms with Gasteiger partial charge in [0.25, 0.3) is 10.0 Å². The van der Waals surface area contributed by atoms with E-state index in [0.29, 0.717) is 46.6 Å². The molecule has 11 heteroatoms. The molecule has 2 aromatic rings. The predicted octanol–water partition coefficient (Wildman–Crippen LogP) is 3.67. The molecule has 0 bridgehead atoms. The molecule has 1 atom stereocenters. The Kier molecular flexibility index (Phi) is 10.5. The number of carboxylic acids is 1. The summed E-state index contributed by atoms with van der Waals surface area (Å²) in [6.45, 7) is 8.98. The second-order valence-corrected chi connectivity index (χ2v) is 9.90. The van der Waals surface area contributed by atoms with Gasteiger partial charge in [-0.05, 0) is 87.6 Å². The number of amidine groups is 1. The van der Waals surface area contributed by atoms with E-state index in [2.05, 4.69) is 4.40 Å². The van der Waals surface area contributed by atoms with E-state index < -0.39 is 28.1 Å². The van der Waals surface area contributed by atoms with Crippen LogP contribution in [0, 0.1) is 20.8 Å². The Hall–Kier alpha value is -3.60. The zero-order chi connectivity index (χ0) is 27.8. The van der Waals surface area contributed by atoms with Gasteiger partial charge in [0.05, 0.1) is 18.1 Å². The molecule has 0 aromatic heterocycles. The summed E-state index contributed by atoms with van der Waals surface area (Å²) in [6.07, 6.45) is -0.0167. The number of nitrogens with zero attached hydrogens (tertiary/aromatic N) is 1. The number of esters is 1. The number of aryl methyl sites for hydroxylation is 1. The van der Waals surface area contributed by atoms with Gasteiger partial charge in [-0.3, -0.25) is 4.79 Å². The van der Waals surface area contributed by atoms with Gasteiger partial charge in [-0.2, -0.15) is 8.42 Å². The van der Waals surface area contributed by atoms with Crippen LogP contribution in [0.5, 0.6) is 11.5 Å². The van der Waals surface area contributed by atoms with Crippen LogP contribution >= 0.6 is 0 Å². The van der Waals surface area contributed by atoms with Crippen LogP contribution < -0.4 is 15.2 Å². The number of carboxylic acid groups (broad SMARTS) is 1. The van der Waals surface area contributed by atoms with Gasteiger partial charge in [-0.15, -0.1) is 4.40 Å². The SMILES string of the molecule is CCOC(=O)C(CC)Oc1ccc(C(N)=NS(=O)(=O)c2c(C)cc(OCCCC(=O)O)c(C)c2C)cc1. The maximum atomic E-state index is 13.2. The van der Waals surface area contributed by atoms with Crippen molar-refractivity contribution >= 4 is 27.8 Å². The molecule has 2 aromatic carbocycles. The highest BCUT2D eigenvalue weighted by Crippen LogP contribution is 2.32. The molecule has 0 amide bonds. The molecule has 0 spiro atoms. The quantitative estimate of drug-likeness (QED) is 0.169. The highest BCUT2D eigenvalue weighted by atomic mass is 32.2. The zero-order valence-corrected chi connectivity index (χ0v) is 22.6. The van der Waals surface area contributed by atoms with Crippen LogP contribution in [-0.4, -0.2) is 50.6 Å². The Balaban J connectivity index is 2.25. The number of ether oxygens (including phenoxy) is 3. The number of sulfonamides is 1. The van der Waals surface area contributed by atoms with E-state index in [0.717, 1.165) is 0 Å². The Bertz CT molecular complexity index is 1250. The van der Waals surface area contributed by atoms with Crippen LogP contribution in [0.2, 0.25) is 0 Å². The zero-order valence-electron chi connectivity index (χ0n) is 21.7. The fourth-order valence-electron chi connectivity index (χ4n) is 3.60. The van der Waals surface area contributed by atoms with E-state index in [9.17, 15) is 18.0 Å². The second kappa shape index (κ2) is 13.1. The van der Waals surface area contributed by atoms with Gasteiger partial charge in [-0.1, -0.05) is 6.92 Å². The molecule has 202 valence electrons. The first-order valence-corrected chi connectivity index (χ1v) is 13.3. The fourth-order valence-corrected chi connectivity index (χ4v) is 5.06. The molecular weight excluding hydrogens is 500 g/mol. The van der Waals surface area contributed by atoms with Crippen molar-refractivity contribution in [1.82, 2.24) is 0 Å². The first-order valence-electron chi connectivity index (χ1n) is 11.9. The second-order valence-electron chi connectivity index (χ2n) is 8.36. The third-order valence-electron chi connectivity index (χ3n) is 5.60. The summed E-state index contributed by atoms with van der Waals surface area (Å²) in [4.78, 5) is 22.7. The van der Waals surface area contributed by atoms with Crippen molar-refractivity contribution in [2.75, 3.05) is 13.2 Å². The largest absolute Gasteiger partial charge is 0.493 e. The molecule has 0 aliphatic carbocycles. The minimum absolute atomic E-state index is 0.0187. The van der Waals surface area contributed by atoms with Crippen molar-refractivity contribution in [2.24, 2.45) is 10.1 Å². The highest BCUT2D eigenvalue weighted by molar-refractivity contribution is 7.90. The van der Waals surface area contributed by atoms with E-state index in [-0.39, 0.29) is 30.4 Å². The van der Waals surface area contributed by atoms with Crippen molar-refractivity contribution in [3.63, 3.8) is 0 Å². The van der Waals surface area contributed by atoms with Gasteiger partial charge in [0, 0.05) is 12.0 Å². The maximum Gasteiger partial charge on any atom is 0.347 e. The topological polar surface area (TPSA) is 155 Å². The average molecular weight is 535 g/mol. The van der Waals surface area contributed by atoms with E-state index in [1.807, 2.05) is 0 Å². The smallest absolute Gasteiger partial charge is 0.347 e. The van der Waals surface area contributed by atoms with Crippen molar-refractivity contribution in [2.45, 2.75) is 64.9 Å². The molecular formula is C26H34N2O8S. The van der Waals surface area contributed by atoms with Crippen LogP contribution in [0.3, 0.4) is 0 Å². The Morgan fingerprint density at radius 2 is 1.73 bits per heavy atom. The lowest BCUT2D eigenvalue weighted by Gasteiger charge is -2.17. The summed E-state index contributed by atoms with van der Waals surface area (Å²) in [6, 6.07) is 7.86. The minimum Gasteiger partial charge on any atom is -0.493 e. The number of rotatable bonds is 13. The van der Waals surface area contributed by atoms with E-state index in [1.54, 1.807) is 65.0 Å². The van der Waals surface area contributed by atoms with Gasteiger partial charge >= 0.3 is 11.9 Å². The highest BCUT2D eigenvalue weighted by Gasteiger charge is 2.24. The van der Waals surface area contributed by atoms with Crippen LogP contribution in [0.15, 0.2) is 39.6 Å². The number of aliphatic carboxylic acids is 1. The molecule has 0 fully saturated rings. The first kappa shape index (κ1) is 29.6. The van der Waals surface area contributed by atoms with Crippen LogP contribution in [0.4, 0.5) is 0 Å². The summed E-state index contributed by atoms with van der Waals surface area (Å²) in [7, 11) is -4.16. The van der Waals surface area contributed by atoms with Gasteiger partial charge in [0.1, 0.15) is 17.3 Å². The molecule has 3 N–H and O–H groups in total. The Morgan fingerprint density at radius 3 is 2.30 bits per heavy atom. The van der Waals surface area contributed by atoms with Crippen LogP contribution in [0.25, 0.3) is 0 Å². The molecule has 0 aliphatic rings. The molecule has 0 aliphatic heterocycles. The summed E-state index contributed by atoms with van der Waals surface area (Å²) >= 11 is 0. The van der Waals surface area contributed by atoms with Crippen LogP contribution in [0.1, 0.15) is 55.4 Å². The third kappa shape index (κ3) is 7.94. The molecule has 0 saturated heterocycles. The third-order valence-corrected chi connectivity index (χ3v) is 7.18. The summed E-state index contributed by atoms with van der Waals surface area (Å²) in [5, 5.41) is 8.76. The number of carbonyl (C=O) groups excluding carboxylic acids is 1. The Labute approximate surface area is 217 Å². The standard InChI is InChI=1S/C26H34N2O8S/c1-6-21(26(31)34-7-2)36-20-12-10-19(11-13-20)25(27)28-37(32,33)24-16(3)15-22(17(4)18(24)5)35-14-8-9-23(29)30/h10-13,15,21H,6-9,14H2,1-5H3,(H2,27,28)(H,29,30). The van der Waals surface area contributed by atoms with E-state index in [1.165, 1.54) is 0 Å². The maximum absolute atomic E-state index is 13.2. The molecule has 10 nitrogen and oxygen atoms in total. The van der Waals surface area contributed by atoms with Gasteiger partial charge < -0.3 is 25.1 Å². The number of hydrogen-bond acceptors (Lipinski definition) is 7. The van der Waals surface area contributed by atoms with Crippen molar-refractivity contribution < 1.29 is 37.3 Å². The molecule has 0 saturated carbocycles. The number of hydrogen-bond donors (Lipinski definition) is 2. The van der Waals surface area contributed by atoms with Crippen molar-refractivity contribution in [3.05, 3.63) is 52.6 Å². The van der Waals surface area contributed by atoms with Crippen molar-refractivity contribution in [3.8, 4) is 11.5 Å². The lowest BCUT2D eigenvalue weighted by atomic mass is 10.1. The number of nitrogens with two attached hydrogens (primary N) is 1. The lowest BCUT2D eigenvalue weighted by molar-refractivity contribution is -0.151. The Morgan fingerprint density at radius 1 is 1.08 bits per heavy atom. The lowest BCUT2D eigenvalue weighted by Crippen LogP contribution is -2.28. The number of benzene rings is 2. The van der Waals surface area contributed by atoms with E-state index >= 15 is 0 Å². The van der Waals surface area contributed by atoms with E-state index in [4.69, 9.17) is 25.1 Å². The summed E-state index contributed by atoms with van der Waals surface area (Å²) < 4.78 is 46.6. The van der Waals surface area contributed by atoms with Gasteiger partial charge in [0.15, 0.2) is 6.10 Å². The average Bonchev–Trinajstić information content (AvgIpc) is 2.83. The normalized spacial score (nSPS) is 12.6. The fraction of sp³-hybridized carbons (Fsp3) is 0.423.